The zero-order valence-corrected chi connectivity index (χ0v) is 24.1. The maximum Gasteiger partial charge on any atom is 0.253 e. The van der Waals surface area contributed by atoms with Crippen molar-refractivity contribution in [2.24, 2.45) is 0 Å². The second-order valence-corrected chi connectivity index (χ2v) is 10.8. The fraction of sp³-hybridized carbons (Fsp3) is 0.364. The lowest BCUT2D eigenvalue weighted by molar-refractivity contribution is 0.0952. The molecule has 1 aliphatic rings. The fourth-order valence-electron chi connectivity index (χ4n) is 5.48. The Kier molecular flexibility index (Phi) is 9.76. The fourth-order valence-corrected chi connectivity index (χ4v) is 5.60. The van der Waals surface area contributed by atoms with Gasteiger partial charge in [0.1, 0.15) is 12.4 Å². The third kappa shape index (κ3) is 7.25. The summed E-state index contributed by atoms with van der Waals surface area (Å²) in [6.45, 7) is 10.5. The highest BCUT2D eigenvalue weighted by Crippen LogP contribution is 2.26. The average Bonchev–Trinajstić information content (AvgIpc) is 3.37. The van der Waals surface area contributed by atoms with Gasteiger partial charge in [0.25, 0.3) is 5.91 Å². The summed E-state index contributed by atoms with van der Waals surface area (Å²) in [5, 5.41) is 4.88. The Bertz CT molecular complexity index is 1380. The number of nitrogens with one attached hydrogen (secondary N) is 1. The number of carbonyl (C=O) groups is 1. The molecule has 0 saturated carbocycles. The molecule has 1 N–H and O–H groups in total. The number of ether oxygens (including phenoxy) is 1. The first kappa shape index (κ1) is 28.2. The number of carbonyl (C=O) groups excluding carboxylic acids is 1. The minimum absolute atomic E-state index is 0.0166. The van der Waals surface area contributed by atoms with Crippen molar-refractivity contribution in [2.45, 2.75) is 32.9 Å². The number of fused-ring (bicyclic) bond motifs is 1. The highest BCUT2D eigenvalue weighted by Gasteiger charge is 2.19. The molecule has 1 saturated heterocycles. The quantitative estimate of drug-likeness (QED) is 0.236. The number of para-hydroxylation sites is 1. The Morgan fingerprint density at radius 2 is 1.60 bits per heavy atom. The number of hydrogen-bond acceptors (Lipinski definition) is 4. The maximum atomic E-state index is 13.2. The Hall–Kier alpha value is -3.32. The third-order valence-corrected chi connectivity index (χ3v) is 7.98. The molecule has 0 spiro atoms. The molecule has 7 heteroatoms. The first-order valence-electron chi connectivity index (χ1n) is 14.4. The summed E-state index contributed by atoms with van der Waals surface area (Å²) in [5.41, 5.74) is 4.34. The molecule has 0 aliphatic carbocycles. The highest BCUT2D eigenvalue weighted by molar-refractivity contribution is 6.30. The molecule has 1 aromatic heterocycles. The first-order valence-corrected chi connectivity index (χ1v) is 14.7. The number of aromatic nitrogens is 1. The lowest BCUT2D eigenvalue weighted by Crippen LogP contribution is -2.47. The van der Waals surface area contributed by atoms with Gasteiger partial charge in [0.05, 0.1) is 11.1 Å². The van der Waals surface area contributed by atoms with Crippen LogP contribution in [0.25, 0.3) is 10.9 Å². The molecule has 2 heterocycles. The summed E-state index contributed by atoms with van der Waals surface area (Å²) in [4.78, 5) is 18.2. The number of nitrogens with zero attached hydrogens (tertiary/aromatic N) is 3. The molecule has 1 aliphatic heterocycles. The molecular formula is C33H39ClN4O2. The molecular weight excluding hydrogens is 520 g/mol. The van der Waals surface area contributed by atoms with Gasteiger partial charge in [0.2, 0.25) is 0 Å². The van der Waals surface area contributed by atoms with Crippen LogP contribution >= 0.6 is 11.6 Å². The normalized spacial score (nSPS) is 14.4. The Morgan fingerprint density at radius 1 is 0.875 bits per heavy atom. The topological polar surface area (TPSA) is 49.7 Å². The lowest BCUT2D eigenvalue weighted by Gasteiger charge is -2.34. The molecule has 210 valence electrons. The van der Waals surface area contributed by atoms with Gasteiger partial charge in [0.15, 0.2) is 0 Å². The second-order valence-electron chi connectivity index (χ2n) is 10.4. The predicted molar refractivity (Wildman–Crippen MR) is 163 cm³/mol. The Balaban J connectivity index is 1.12. The first-order chi connectivity index (χ1) is 19.6. The molecule has 0 unspecified atom stereocenters. The van der Waals surface area contributed by atoms with Crippen molar-refractivity contribution in [3.8, 4) is 5.75 Å². The number of rotatable bonds is 12. The van der Waals surface area contributed by atoms with Crippen LogP contribution in [0.5, 0.6) is 5.75 Å². The van der Waals surface area contributed by atoms with E-state index in [0.717, 1.165) is 85.9 Å². The van der Waals surface area contributed by atoms with Crippen molar-refractivity contribution in [2.75, 3.05) is 45.9 Å². The van der Waals surface area contributed by atoms with E-state index < -0.39 is 0 Å². The smallest absolute Gasteiger partial charge is 0.253 e. The summed E-state index contributed by atoms with van der Waals surface area (Å²) >= 11 is 5.95. The van der Waals surface area contributed by atoms with E-state index in [1.54, 1.807) is 0 Å². The summed E-state index contributed by atoms with van der Waals surface area (Å²) < 4.78 is 8.17. The minimum atomic E-state index is -0.0166. The van der Waals surface area contributed by atoms with E-state index in [1.165, 1.54) is 11.1 Å². The molecule has 0 bridgehead atoms. The SMILES string of the molecule is CCc1cccc2c(C(=O)NCc3ccccc3)cn(CCCN3CCN(CCOc4ccc(Cl)cc4)CC3)c12. The highest BCUT2D eigenvalue weighted by atomic mass is 35.5. The molecule has 1 fully saturated rings. The van der Waals surface area contributed by atoms with Crippen LogP contribution in [0.3, 0.4) is 0 Å². The molecule has 1 amide bonds. The second kappa shape index (κ2) is 13.8. The van der Waals surface area contributed by atoms with Crippen LogP contribution in [0.4, 0.5) is 0 Å². The van der Waals surface area contributed by atoms with Crippen LogP contribution in [0.15, 0.2) is 79.0 Å². The van der Waals surface area contributed by atoms with E-state index in [0.29, 0.717) is 13.2 Å². The molecule has 0 radical (unpaired) electrons. The number of aryl methyl sites for hydroxylation is 2. The minimum Gasteiger partial charge on any atom is -0.492 e. The van der Waals surface area contributed by atoms with Gasteiger partial charge in [-0.25, -0.2) is 0 Å². The van der Waals surface area contributed by atoms with Crippen LogP contribution in [-0.2, 0) is 19.5 Å². The van der Waals surface area contributed by atoms with Crippen LogP contribution in [0.1, 0.15) is 34.8 Å². The summed E-state index contributed by atoms with van der Waals surface area (Å²) in [7, 11) is 0. The van der Waals surface area contributed by atoms with Crippen molar-refractivity contribution in [1.29, 1.82) is 0 Å². The molecule has 0 atom stereocenters. The van der Waals surface area contributed by atoms with Gasteiger partial charge >= 0.3 is 0 Å². The molecule has 5 rings (SSSR count). The summed E-state index contributed by atoms with van der Waals surface area (Å²) in [5.74, 6) is 0.848. The van der Waals surface area contributed by atoms with Gasteiger partial charge in [-0.3, -0.25) is 9.69 Å². The lowest BCUT2D eigenvalue weighted by atomic mass is 10.1. The van der Waals surface area contributed by atoms with Crippen LogP contribution in [-0.4, -0.2) is 66.1 Å². The van der Waals surface area contributed by atoms with Gasteiger partial charge in [-0.2, -0.15) is 0 Å². The van der Waals surface area contributed by atoms with E-state index >= 15 is 0 Å². The van der Waals surface area contributed by atoms with Crippen molar-refractivity contribution < 1.29 is 9.53 Å². The zero-order chi connectivity index (χ0) is 27.7. The molecule has 3 aromatic carbocycles. The summed E-state index contributed by atoms with van der Waals surface area (Å²) in [6, 6.07) is 23.9. The largest absolute Gasteiger partial charge is 0.492 e. The Labute approximate surface area is 242 Å². The number of benzene rings is 3. The number of amides is 1. The van der Waals surface area contributed by atoms with E-state index in [4.69, 9.17) is 16.3 Å². The van der Waals surface area contributed by atoms with Crippen molar-refractivity contribution >= 4 is 28.4 Å². The predicted octanol–water partition coefficient (Wildman–Crippen LogP) is 5.87. The van der Waals surface area contributed by atoms with Crippen molar-refractivity contribution in [3.63, 3.8) is 0 Å². The number of piperazine rings is 1. The zero-order valence-electron chi connectivity index (χ0n) is 23.3. The van der Waals surface area contributed by atoms with E-state index in [2.05, 4.69) is 51.0 Å². The van der Waals surface area contributed by atoms with E-state index in [9.17, 15) is 4.79 Å². The molecule has 40 heavy (non-hydrogen) atoms. The Morgan fingerprint density at radius 3 is 2.33 bits per heavy atom. The monoisotopic (exact) mass is 558 g/mol. The van der Waals surface area contributed by atoms with Crippen LogP contribution < -0.4 is 10.1 Å². The van der Waals surface area contributed by atoms with Gasteiger partial charge in [-0.1, -0.05) is 67.1 Å². The van der Waals surface area contributed by atoms with Gasteiger partial charge in [-0.05, 0) is 54.8 Å². The average molecular weight is 559 g/mol. The third-order valence-electron chi connectivity index (χ3n) is 7.73. The van der Waals surface area contributed by atoms with Crippen LogP contribution in [0.2, 0.25) is 5.02 Å². The van der Waals surface area contributed by atoms with Crippen LogP contribution in [0, 0.1) is 0 Å². The molecule has 6 nitrogen and oxygen atoms in total. The number of halogens is 1. The van der Waals surface area contributed by atoms with E-state index in [-0.39, 0.29) is 5.91 Å². The maximum absolute atomic E-state index is 13.2. The van der Waals surface area contributed by atoms with Gasteiger partial charge in [-0.15, -0.1) is 0 Å². The van der Waals surface area contributed by atoms with Crippen molar-refractivity contribution in [1.82, 2.24) is 19.7 Å². The molecule has 4 aromatic rings. The number of hydrogen-bond donors (Lipinski definition) is 1. The van der Waals surface area contributed by atoms with Gasteiger partial charge < -0.3 is 19.5 Å². The standard InChI is InChI=1S/C33H39ClN4O2/c1-2-27-10-6-11-30-31(33(39)35-24-26-8-4-3-5-9-26)25-38(32(27)30)17-7-16-36-18-20-37(21-19-36)22-23-40-29-14-12-28(34)13-15-29/h3-6,8-15,25H,2,7,16-24H2,1H3,(H,35,39). The van der Waals surface area contributed by atoms with E-state index in [1.807, 2.05) is 54.6 Å². The van der Waals surface area contributed by atoms with Crippen molar-refractivity contribution in [3.05, 3.63) is 101 Å². The van der Waals surface area contributed by atoms with Gasteiger partial charge in [0, 0.05) is 62.4 Å². The summed E-state index contributed by atoms with van der Waals surface area (Å²) in [6.07, 6.45) is 4.05.